The highest BCUT2D eigenvalue weighted by Crippen LogP contribution is 2.18. The normalized spacial score (nSPS) is 23.6. The van der Waals surface area contributed by atoms with Crippen molar-refractivity contribution in [3.05, 3.63) is 29.8 Å². The first-order chi connectivity index (χ1) is 10.1. The second kappa shape index (κ2) is 7.54. The number of ether oxygens (including phenoxy) is 1. The van der Waals surface area contributed by atoms with Gasteiger partial charge in [0.2, 0.25) is 0 Å². The van der Waals surface area contributed by atoms with Gasteiger partial charge in [0, 0.05) is 0 Å². The molecule has 1 aliphatic rings. The first-order valence-corrected chi connectivity index (χ1v) is 7.62. The number of nitrogens with one attached hydrogen (secondary N) is 2. The molecule has 2 rings (SSSR count). The van der Waals surface area contributed by atoms with Crippen LogP contribution < -0.4 is 14.5 Å². The van der Waals surface area contributed by atoms with Crippen molar-refractivity contribution in [2.24, 2.45) is 0 Å². The molecule has 0 bridgehead atoms. The molecule has 0 radical (unpaired) electrons. The van der Waals surface area contributed by atoms with Crippen molar-refractivity contribution in [2.45, 2.75) is 13.0 Å². The van der Waals surface area contributed by atoms with Gasteiger partial charge in [0.15, 0.2) is 5.78 Å². The molecule has 5 nitrogen and oxygen atoms in total. The van der Waals surface area contributed by atoms with Crippen molar-refractivity contribution in [2.75, 3.05) is 46.4 Å². The summed E-state index contributed by atoms with van der Waals surface area (Å²) in [7, 11) is 2.20. The Morgan fingerprint density at radius 1 is 1.29 bits per heavy atom. The minimum atomic E-state index is -0.501. The van der Waals surface area contributed by atoms with Gasteiger partial charge in [-0.25, -0.2) is 0 Å². The van der Waals surface area contributed by atoms with Crippen molar-refractivity contribution in [1.29, 1.82) is 0 Å². The summed E-state index contributed by atoms with van der Waals surface area (Å²) in [6, 6.07) is 7.17. The second-order valence-electron chi connectivity index (χ2n) is 5.93. The molecule has 1 aromatic rings. The number of Topliss-reactive ketones (excluding diaryl/α,β-unsaturated/α-hetero) is 1. The van der Waals surface area contributed by atoms with Crippen LogP contribution in [0, 0.1) is 0 Å². The van der Waals surface area contributed by atoms with E-state index in [1.54, 1.807) is 17.0 Å². The third kappa shape index (κ3) is 4.81. The van der Waals surface area contributed by atoms with Gasteiger partial charge in [-0.3, -0.25) is 4.79 Å². The zero-order valence-electron chi connectivity index (χ0n) is 12.9. The van der Waals surface area contributed by atoms with Crippen molar-refractivity contribution in [3.8, 4) is 5.75 Å². The number of likely N-dealkylation sites (N-methyl/N-ethyl adjacent to an activating group) is 1. The minimum absolute atomic E-state index is 0.0206. The predicted molar refractivity (Wildman–Crippen MR) is 80.1 cm³/mol. The fourth-order valence-corrected chi connectivity index (χ4v) is 2.70. The molecule has 0 aliphatic carbocycles. The molecule has 0 unspecified atom stereocenters. The Balaban J connectivity index is 1.81. The van der Waals surface area contributed by atoms with Crippen LogP contribution in [-0.2, 0) is 0 Å². The number of carbonyl (C=O) groups excluding carboxylic acids is 1. The molecule has 1 saturated heterocycles. The van der Waals surface area contributed by atoms with Gasteiger partial charge in [-0.2, -0.15) is 0 Å². The summed E-state index contributed by atoms with van der Waals surface area (Å²) in [5.74, 6) is 0.537. The number of para-hydroxylation sites is 1. The van der Waals surface area contributed by atoms with Gasteiger partial charge in [-0.05, 0) is 19.1 Å². The molecule has 1 aliphatic heterocycles. The average molecular weight is 294 g/mol. The fourth-order valence-electron chi connectivity index (χ4n) is 2.70. The van der Waals surface area contributed by atoms with E-state index in [1.165, 1.54) is 11.8 Å². The quantitative estimate of drug-likeness (QED) is 0.534. The topological polar surface area (TPSA) is 55.4 Å². The fraction of sp³-hybridized carbons (Fsp3) is 0.562. The maximum atomic E-state index is 11.5. The van der Waals surface area contributed by atoms with Crippen LogP contribution in [0.5, 0.6) is 5.75 Å². The van der Waals surface area contributed by atoms with Crippen molar-refractivity contribution in [1.82, 2.24) is 0 Å². The molecule has 1 aromatic carbocycles. The molecule has 5 heteroatoms. The van der Waals surface area contributed by atoms with Gasteiger partial charge in [0.1, 0.15) is 51.2 Å². The molecule has 21 heavy (non-hydrogen) atoms. The molecule has 0 amide bonds. The number of quaternary nitrogens is 2. The molecule has 1 fully saturated rings. The van der Waals surface area contributed by atoms with E-state index in [9.17, 15) is 9.90 Å². The van der Waals surface area contributed by atoms with E-state index in [-0.39, 0.29) is 12.4 Å². The van der Waals surface area contributed by atoms with Gasteiger partial charge >= 0.3 is 0 Å². The first kappa shape index (κ1) is 15.9. The summed E-state index contributed by atoms with van der Waals surface area (Å²) in [6.45, 7) is 6.94. The van der Waals surface area contributed by atoms with Crippen molar-refractivity contribution in [3.63, 3.8) is 0 Å². The number of carbonyl (C=O) groups is 1. The van der Waals surface area contributed by atoms with E-state index in [0.29, 0.717) is 17.9 Å². The minimum Gasteiger partial charge on any atom is -0.490 e. The second-order valence-corrected chi connectivity index (χ2v) is 5.93. The standard InChI is InChI=1S/C16H24N2O3/c1-13(19)15-5-3-4-6-16(15)21-12-14(20)11-18-9-7-17(2)8-10-18/h3-6,14,20H,7-12H2,1-2H3/p+2/t14-/m0/s1. The molecule has 0 spiro atoms. The SMILES string of the molecule is CC(=O)c1ccccc1OC[C@@H](O)C[NH+]1CC[NH+](C)CC1. The summed E-state index contributed by atoms with van der Waals surface area (Å²) in [5, 5.41) is 10.1. The molecular weight excluding hydrogens is 268 g/mol. The molecule has 0 aromatic heterocycles. The summed E-state index contributed by atoms with van der Waals surface area (Å²) in [4.78, 5) is 14.5. The van der Waals surface area contributed by atoms with Crippen LogP contribution in [0.25, 0.3) is 0 Å². The van der Waals surface area contributed by atoms with Crippen molar-refractivity contribution < 1.29 is 24.4 Å². The van der Waals surface area contributed by atoms with E-state index in [2.05, 4.69) is 7.05 Å². The van der Waals surface area contributed by atoms with Crippen LogP contribution in [0.4, 0.5) is 0 Å². The number of hydrogen-bond acceptors (Lipinski definition) is 3. The largest absolute Gasteiger partial charge is 0.490 e. The third-order valence-electron chi connectivity index (χ3n) is 4.03. The van der Waals surface area contributed by atoms with E-state index in [4.69, 9.17) is 4.74 Å². The van der Waals surface area contributed by atoms with Crippen LogP contribution in [0.2, 0.25) is 0 Å². The molecule has 116 valence electrons. The Kier molecular flexibility index (Phi) is 5.73. The molecular formula is C16H26N2O3+2. The number of benzene rings is 1. The van der Waals surface area contributed by atoms with Gasteiger partial charge < -0.3 is 19.6 Å². The first-order valence-electron chi connectivity index (χ1n) is 7.62. The predicted octanol–water partition coefficient (Wildman–Crippen LogP) is -1.96. The van der Waals surface area contributed by atoms with Gasteiger partial charge in [0.25, 0.3) is 0 Å². The summed E-state index contributed by atoms with van der Waals surface area (Å²) >= 11 is 0. The number of ketones is 1. The number of aliphatic hydroxyl groups excluding tert-OH is 1. The van der Waals surface area contributed by atoms with E-state index < -0.39 is 6.10 Å². The van der Waals surface area contributed by atoms with Crippen molar-refractivity contribution >= 4 is 5.78 Å². The monoisotopic (exact) mass is 294 g/mol. The average Bonchev–Trinajstić information content (AvgIpc) is 2.48. The zero-order valence-corrected chi connectivity index (χ0v) is 12.9. The molecule has 1 heterocycles. The lowest BCUT2D eigenvalue weighted by molar-refractivity contribution is -1.00. The highest BCUT2D eigenvalue weighted by atomic mass is 16.5. The van der Waals surface area contributed by atoms with Gasteiger partial charge in [0.05, 0.1) is 12.6 Å². The third-order valence-corrected chi connectivity index (χ3v) is 4.03. The number of rotatable bonds is 6. The lowest BCUT2D eigenvalue weighted by Gasteiger charge is -2.28. The molecule has 0 saturated carbocycles. The van der Waals surface area contributed by atoms with E-state index in [1.807, 2.05) is 12.1 Å². The Morgan fingerprint density at radius 3 is 2.62 bits per heavy atom. The Hall–Kier alpha value is -1.43. The smallest absolute Gasteiger partial charge is 0.163 e. The van der Waals surface area contributed by atoms with Crippen LogP contribution in [0.15, 0.2) is 24.3 Å². The summed E-state index contributed by atoms with van der Waals surface area (Å²) in [6.07, 6.45) is -0.501. The highest BCUT2D eigenvalue weighted by molar-refractivity contribution is 5.96. The maximum absolute atomic E-state index is 11.5. The van der Waals surface area contributed by atoms with Crippen LogP contribution in [0.1, 0.15) is 17.3 Å². The van der Waals surface area contributed by atoms with E-state index in [0.717, 1.165) is 26.2 Å². The highest BCUT2D eigenvalue weighted by Gasteiger charge is 2.23. The Labute approximate surface area is 126 Å². The number of hydrogen-bond donors (Lipinski definition) is 3. The van der Waals surface area contributed by atoms with E-state index >= 15 is 0 Å². The van der Waals surface area contributed by atoms with Gasteiger partial charge in [-0.1, -0.05) is 12.1 Å². The lowest BCUT2D eigenvalue weighted by atomic mass is 10.1. The summed E-state index contributed by atoms with van der Waals surface area (Å²) < 4.78 is 5.63. The maximum Gasteiger partial charge on any atom is 0.163 e. The van der Waals surface area contributed by atoms with Crippen LogP contribution >= 0.6 is 0 Å². The molecule has 1 atom stereocenters. The number of piperazine rings is 1. The zero-order chi connectivity index (χ0) is 15.2. The lowest BCUT2D eigenvalue weighted by Crippen LogP contribution is -3.27. The Bertz CT molecular complexity index is 470. The molecule has 3 N–H and O–H groups in total. The number of aliphatic hydroxyl groups is 1. The Morgan fingerprint density at radius 2 is 1.95 bits per heavy atom. The van der Waals surface area contributed by atoms with Crippen LogP contribution in [0.3, 0.4) is 0 Å². The van der Waals surface area contributed by atoms with Gasteiger partial charge in [-0.15, -0.1) is 0 Å². The summed E-state index contributed by atoms with van der Waals surface area (Å²) in [5.41, 5.74) is 0.570. The van der Waals surface area contributed by atoms with Crippen LogP contribution in [-0.4, -0.2) is 63.4 Å².